The number of hydrogen-bond acceptors (Lipinski definition) is 3. The molecule has 0 spiro atoms. The first-order valence-electron chi connectivity index (χ1n) is 4.18. The van der Waals surface area contributed by atoms with Crippen LogP contribution in [-0.4, -0.2) is 11.8 Å². The van der Waals surface area contributed by atoms with Gasteiger partial charge in [-0.25, -0.2) is 4.98 Å². The summed E-state index contributed by atoms with van der Waals surface area (Å²) < 4.78 is 11.4. The molecule has 4 heteroatoms. The van der Waals surface area contributed by atoms with E-state index in [2.05, 4.69) is 20.9 Å². The molecule has 3 rings (SSSR count). The van der Waals surface area contributed by atoms with Crippen molar-refractivity contribution in [1.82, 2.24) is 4.98 Å². The van der Waals surface area contributed by atoms with Crippen LogP contribution in [0.2, 0.25) is 0 Å². The van der Waals surface area contributed by atoms with Crippen molar-refractivity contribution in [2.24, 2.45) is 0 Å². The van der Waals surface area contributed by atoms with Gasteiger partial charge in [-0.15, -0.1) is 0 Å². The van der Waals surface area contributed by atoms with Crippen LogP contribution in [0, 0.1) is 0 Å². The molecule has 1 aromatic heterocycles. The van der Waals surface area contributed by atoms with Crippen molar-refractivity contribution in [1.29, 1.82) is 0 Å². The molecule has 0 saturated carbocycles. The van der Waals surface area contributed by atoms with Gasteiger partial charge in [-0.3, -0.25) is 0 Å². The monoisotopic (exact) mass is 251 g/mol. The number of ether oxygens (including phenoxy) is 2. The summed E-state index contributed by atoms with van der Waals surface area (Å²) in [7, 11) is 0. The van der Waals surface area contributed by atoms with Crippen LogP contribution in [0.4, 0.5) is 0 Å². The normalized spacial score (nSPS) is 13.5. The second kappa shape index (κ2) is 2.85. The average Bonchev–Trinajstić information content (AvgIpc) is 2.62. The first-order valence-corrected chi connectivity index (χ1v) is 4.98. The van der Waals surface area contributed by atoms with E-state index in [-0.39, 0.29) is 0 Å². The Morgan fingerprint density at radius 1 is 1.21 bits per heavy atom. The maximum atomic E-state index is 5.29. The predicted octanol–water partition coefficient (Wildman–Crippen LogP) is 2.73. The van der Waals surface area contributed by atoms with Crippen molar-refractivity contribution < 1.29 is 9.47 Å². The van der Waals surface area contributed by atoms with E-state index in [9.17, 15) is 0 Å². The van der Waals surface area contributed by atoms with Gasteiger partial charge in [0.2, 0.25) is 6.79 Å². The quantitative estimate of drug-likeness (QED) is 0.675. The standard InChI is InChI=1S/C10H6BrNO2/c11-10-7-4-9-8(13-5-14-9)3-6(7)1-2-12-10/h1-4H,5H2. The fraction of sp³-hybridized carbons (Fsp3) is 0.100. The van der Waals surface area contributed by atoms with Crippen LogP contribution < -0.4 is 9.47 Å². The zero-order chi connectivity index (χ0) is 9.54. The minimum absolute atomic E-state index is 0.302. The fourth-order valence-corrected chi connectivity index (χ4v) is 1.99. The van der Waals surface area contributed by atoms with Crippen LogP contribution in [0.5, 0.6) is 11.5 Å². The van der Waals surface area contributed by atoms with Gasteiger partial charge in [0.15, 0.2) is 11.5 Å². The van der Waals surface area contributed by atoms with Gasteiger partial charge < -0.3 is 9.47 Å². The summed E-state index contributed by atoms with van der Waals surface area (Å²) in [5.74, 6) is 1.59. The van der Waals surface area contributed by atoms with E-state index in [4.69, 9.17) is 9.47 Å². The van der Waals surface area contributed by atoms with E-state index in [0.717, 1.165) is 26.9 Å². The smallest absolute Gasteiger partial charge is 0.231 e. The Bertz CT molecular complexity index is 513. The molecule has 0 radical (unpaired) electrons. The summed E-state index contributed by atoms with van der Waals surface area (Å²) in [5.41, 5.74) is 0. The Balaban J connectivity index is 2.39. The molecular weight excluding hydrogens is 246 g/mol. The number of hydrogen-bond donors (Lipinski definition) is 0. The van der Waals surface area contributed by atoms with Crippen LogP contribution >= 0.6 is 15.9 Å². The highest BCUT2D eigenvalue weighted by atomic mass is 79.9. The van der Waals surface area contributed by atoms with E-state index in [1.165, 1.54) is 0 Å². The van der Waals surface area contributed by atoms with Crippen LogP contribution in [0.3, 0.4) is 0 Å². The molecule has 0 unspecified atom stereocenters. The minimum Gasteiger partial charge on any atom is -0.454 e. The highest BCUT2D eigenvalue weighted by molar-refractivity contribution is 9.10. The van der Waals surface area contributed by atoms with Crippen LogP contribution in [0.15, 0.2) is 29.0 Å². The first-order chi connectivity index (χ1) is 6.84. The third-order valence-electron chi connectivity index (χ3n) is 2.21. The largest absolute Gasteiger partial charge is 0.454 e. The molecule has 14 heavy (non-hydrogen) atoms. The number of aromatic nitrogens is 1. The molecule has 0 saturated heterocycles. The highest BCUT2D eigenvalue weighted by Gasteiger charge is 2.14. The van der Waals surface area contributed by atoms with Gasteiger partial charge >= 0.3 is 0 Å². The zero-order valence-electron chi connectivity index (χ0n) is 7.16. The van der Waals surface area contributed by atoms with Crippen molar-refractivity contribution in [3.05, 3.63) is 29.0 Å². The van der Waals surface area contributed by atoms with Gasteiger partial charge in [-0.2, -0.15) is 0 Å². The van der Waals surface area contributed by atoms with Crippen LogP contribution in [0.25, 0.3) is 10.8 Å². The number of halogens is 1. The average molecular weight is 252 g/mol. The number of fused-ring (bicyclic) bond motifs is 2. The lowest BCUT2D eigenvalue weighted by atomic mass is 10.1. The number of pyridine rings is 1. The van der Waals surface area contributed by atoms with Crippen molar-refractivity contribution in [3.8, 4) is 11.5 Å². The summed E-state index contributed by atoms with van der Waals surface area (Å²) in [6, 6.07) is 5.85. The molecule has 3 nitrogen and oxygen atoms in total. The molecule has 0 bridgehead atoms. The van der Waals surface area contributed by atoms with E-state index < -0.39 is 0 Å². The van der Waals surface area contributed by atoms with Crippen LogP contribution in [0.1, 0.15) is 0 Å². The third-order valence-corrected chi connectivity index (χ3v) is 2.84. The topological polar surface area (TPSA) is 31.4 Å². The Morgan fingerprint density at radius 3 is 2.86 bits per heavy atom. The van der Waals surface area contributed by atoms with Gasteiger partial charge in [-0.05, 0) is 39.5 Å². The van der Waals surface area contributed by atoms with Gasteiger partial charge in [-0.1, -0.05) is 0 Å². The maximum Gasteiger partial charge on any atom is 0.231 e. The second-order valence-corrected chi connectivity index (χ2v) is 3.78. The Labute approximate surface area is 88.8 Å². The summed E-state index contributed by atoms with van der Waals surface area (Å²) in [5, 5.41) is 2.13. The second-order valence-electron chi connectivity index (χ2n) is 3.03. The number of nitrogens with zero attached hydrogens (tertiary/aromatic N) is 1. The van der Waals surface area contributed by atoms with Gasteiger partial charge in [0.25, 0.3) is 0 Å². The zero-order valence-corrected chi connectivity index (χ0v) is 8.74. The van der Waals surface area contributed by atoms with Crippen molar-refractivity contribution in [2.45, 2.75) is 0 Å². The number of rotatable bonds is 0. The molecule has 0 amide bonds. The van der Waals surface area contributed by atoms with Gasteiger partial charge in [0.1, 0.15) is 4.60 Å². The summed E-state index contributed by atoms with van der Waals surface area (Å²) in [6.45, 7) is 0.302. The van der Waals surface area contributed by atoms with E-state index in [1.807, 2.05) is 18.2 Å². The number of benzene rings is 1. The van der Waals surface area contributed by atoms with E-state index >= 15 is 0 Å². The lowest BCUT2D eigenvalue weighted by molar-refractivity contribution is 0.174. The SMILES string of the molecule is Brc1nccc2cc3c(cc12)OCO3. The minimum atomic E-state index is 0.302. The van der Waals surface area contributed by atoms with Crippen molar-refractivity contribution >= 4 is 26.7 Å². The Kier molecular flexibility index (Phi) is 1.64. The van der Waals surface area contributed by atoms with Gasteiger partial charge in [0, 0.05) is 11.6 Å². The maximum absolute atomic E-state index is 5.29. The fourth-order valence-electron chi connectivity index (χ4n) is 1.53. The molecular formula is C10H6BrNO2. The van der Waals surface area contributed by atoms with E-state index in [1.54, 1.807) is 6.20 Å². The Hall–Kier alpha value is -1.29. The molecule has 0 N–H and O–H groups in total. The Morgan fingerprint density at radius 2 is 2.00 bits per heavy atom. The van der Waals surface area contributed by atoms with Crippen LogP contribution in [-0.2, 0) is 0 Å². The molecule has 1 aromatic carbocycles. The molecule has 70 valence electrons. The molecule has 0 atom stereocenters. The van der Waals surface area contributed by atoms with Crippen molar-refractivity contribution in [2.75, 3.05) is 6.79 Å². The first kappa shape index (κ1) is 8.05. The third kappa shape index (κ3) is 1.07. The molecule has 0 aliphatic carbocycles. The van der Waals surface area contributed by atoms with E-state index in [0.29, 0.717) is 6.79 Å². The predicted molar refractivity (Wildman–Crippen MR) is 55.6 cm³/mol. The molecule has 2 aromatic rings. The summed E-state index contributed by atoms with van der Waals surface area (Å²) in [6.07, 6.45) is 1.76. The van der Waals surface area contributed by atoms with Crippen molar-refractivity contribution in [3.63, 3.8) is 0 Å². The molecule has 2 heterocycles. The lowest BCUT2D eigenvalue weighted by Crippen LogP contribution is -1.92. The summed E-state index contributed by atoms with van der Waals surface area (Å²) >= 11 is 3.40. The van der Waals surface area contributed by atoms with Gasteiger partial charge in [0.05, 0.1) is 0 Å². The summed E-state index contributed by atoms with van der Waals surface area (Å²) in [4.78, 5) is 4.15. The molecule has 1 aliphatic heterocycles. The highest BCUT2D eigenvalue weighted by Crippen LogP contribution is 2.37. The molecule has 0 fully saturated rings. The molecule has 1 aliphatic rings. The lowest BCUT2D eigenvalue weighted by Gasteiger charge is -2.01.